The number of thiazole rings is 1. The molecule has 5 nitrogen and oxygen atoms in total. The van der Waals surface area contributed by atoms with Gasteiger partial charge in [-0.1, -0.05) is 43.6 Å². The Morgan fingerprint density at radius 2 is 1.86 bits per heavy atom. The summed E-state index contributed by atoms with van der Waals surface area (Å²) in [5.74, 6) is 0.196. The van der Waals surface area contributed by atoms with Crippen LogP contribution >= 0.6 is 22.9 Å². The third-order valence-electron chi connectivity index (χ3n) is 4.85. The van der Waals surface area contributed by atoms with Gasteiger partial charge in [-0.3, -0.25) is 0 Å². The van der Waals surface area contributed by atoms with E-state index < -0.39 is 9.84 Å². The third kappa shape index (κ3) is 3.79. The highest BCUT2D eigenvalue weighted by atomic mass is 35.5. The average Bonchev–Trinajstić information content (AvgIpc) is 3.02. The first-order chi connectivity index (χ1) is 13.2. The number of aromatic nitrogens is 2. The van der Waals surface area contributed by atoms with Crippen LogP contribution in [-0.2, 0) is 22.7 Å². The fourth-order valence-corrected chi connectivity index (χ4v) is 6.09. The van der Waals surface area contributed by atoms with E-state index >= 15 is 0 Å². The molecule has 1 N–H and O–H groups in total. The molecule has 2 heterocycles. The molecule has 1 aliphatic carbocycles. The van der Waals surface area contributed by atoms with Crippen molar-refractivity contribution in [1.29, 1.82) is 0 Å². The fourth-order valence-electron chi connectivity index (χ4n) is 3.31. The van der Waals surface area contributed by atoms with Gasteiger partial charge in [0.15, 0.2) is 10.9 Å². The zero-order valence-electron chi connectivity index (χ0n) is 15.6. The molecule has 0 amide bonds. The molecule has 4 rings (SSSR count). The van der Waals surface area contributed by atoms with Gasteiger partial charge in [0.25, 0.3) is 0 Å². The lowest BCUT2D eigenvalue weighted by Gasteiger charge is -2.28. The number of hydrogen-bond donors (Lipinski definition) is 1. The van der Waals surface area contributed by atoms with Gasteiger partial charge >= 0.3 is 0 Å². The predicted molar refractivity (Wildman–Crippen MR) is 112 cm³/mol. The normalized spacial score (nSPS) is 15.8. The van der Waals surface area contributed by atoms with Crippen LogP contribution in [-0.4, -0.2) is 18.4 Å². The maximum absolute atomic E-state index is 13.1. The molecular weight excluding hydrogens is 414 g/mol. The van der Waals surface area contributed by atoms with Gasteiger partial charge in [-0.25, -0.2) is 18.4 Å². The molecule has 146 valence electrons. The Morgan fingerprint density at radius 1 is 1.11 bits per heavy atom. The molecule has 8 heteroatoms. The van der Waals surface area contributed by atoms with E-state index in [0.29, 0.717) is 5.13 Å². The lowest BCUT2D eigenvalue weighted by molar-refractivity contribution is 0.316. The van der Waals surface area contributed by atoms with Crippen molar-refractivity contribution < 1.29 is 8.42 Å². The van der Waals surface area contributed by atoms with E-state index in [4.69, 9.17) is 11.6 Å². The maximum Gasteiger partial charge on any atom is 0.210 e. The van der Waals surface area contributed by atoms with Gasteiger partial charge in [-0.2, -0.15) is 0 Å². The second kappa shape index (κ2) is 7.13. The Kier molecular flexibility index (Phi) is 4.93. The molecule has 0 saturated carbocycles. The van der Waals surface area contributed by atoms with E-state index in [9.17, 15) is 8.42 Å². The summed E-state index contributed by atoms with van der Waals surface area (Å²) in [5, 5.41) is 3.97. The quantitative estimate of drug-likeness (QED) is 0.566. The first-order valence-corrected chi connectivity index (χ1v) is 11.6. The molecule has 0 unspecified atom stereocenters. The molecule has 0 spiro atoms. The summed E-state index contributed by atoms with van der Waals surface area (Å²) in [6, 6.07) is 11.3. The minimum Gasteiger partial charge on any atom is -0.315 e. The Morgan fingerprint density at radius 3 is 2.61 bits per heavy atom. The summed E-state index contributed by atoms with van der Waals surface area (Å²) in [6.45, 7) is 4.51. The van der Waals surface area contributed by atoms with E-state index in [1.54, 1.807) is 41.7 Å². The second-order valence-electron chi connectivity index (χ2n) is 7.65. The molecule has 1 aliphatic rings. The monoisotopic (exact) mass is 433 g/mol. The average molecular weight is 434 g/mol. The van der Waals surface area contributed by atoms with Crippen molar-refractivity contribution in [3.63, 3.8) is 0 Å². The molecule has 0 atom stereocenters. The molecule has 0 aliphatic heterocycles. The number of nitrogens with zero attached hydrogens (tertiary/aromatic N) is 2. The van der Waals surface area contributed by atoms with Gasteiger partial charge in [-0.05, 0) is 48.9 Å². The number of fused-ring (bicyclic) bond motifs is 1. The Bertz CT molecular complexity index is 1130. The van der Waals surface area contributed by atoms with Crippen molar-refractivity contribution in [2.24, 2.45) is 5.41 Å². The molecule has 2 aromatic heterocycles. The number of benzene rings is 1. The van der Waals surface area contributed by atoms with Gasteiger partial charge in [0.05, 0.1) is 10.6 Å². The zero-order chi connectivity index (χ0) is 19.9. The smallest absolute Gasteiger partial charge is 0.210 e. The summed E-state index contributed by atoms with van der Waals surface area (Å²) >= 11 is 7.61. The van der Waals surface area contributed by atoms with Crippen molar-refractivity contribution in [2.75, 3.05) is 5.32 Å². The molecule has 1 aromatic carbocycles. The maximum atomic E-state index is 13.1. The topological polar surface area (TPSA) is 72.0 Å². The highest BCUT2D eigenvalue weighted by Crippen LogP contribution is 2.40. The Labute approximate surface area is 173 Å². The van der Waals surface area contributed by atoms with Crippen LogP contribution in [0.1, 0.15) is 30.8 Å². The van der Waals surface area contributed by atoms with Crippen LogP contribution in [0.3, 0.4) is 0 Å². The van der Waals surface area contributed by atoms with E-state index in [0.717, 1.165) is 25.0 Å². The number of sulfone groups is 1. The van der Waals surface area contributed by atoms with Crippen molar-refractivity contribution in [3.05, 3.63) is 58.2 Å². The number of pyridine rings is 1. The van der Waals surface area contributed by atoms with Gasteiger partial charge < -0.3 is 5.32 Å². The number of aryl methyl sites for hydroxylation is 1. The molecule has 28 heavy (non-hydrogen) atoms. The van der Waals surface area contributed by atoms with Gasteiger partial charge in [-0.15, -0.1) is 11.3 Å². The van der Waals surface area contributed by atoms with Crippen LogP contribution < -0.4 is 5.32 Å². The summed E-state index contributed by atoms with van der Waals surface area (Å²) in [7, 11) is -3.73. The number of anilines is 2. The van der Waals surface area contributed by atoms with Crippen molar-refractivity contribution in [1.82, 2.24) is 9.97 Å². The van der Waals surface area contributed by atoms with Crippen molar-refractivity contribution in [3.8, 4) is 0 Å². The third-order valence-corrected chi connectivity index (χ3v) is 7.87. The largest absolute Gasteiger partial charge is 0.315 e. The Hall–Kier alpha value is -1.96. The number of halogens is 1. The molecule has 3 aromatic rings. The fraction of sp³-hybridized carbons (Fsp3) is 0.300. The minimum atomic E-state index is -3.73. The predicted octanol–water partition coefficient (Wildman–Crippen LogP) is 5.28. The van der Waals surface area contributed by atoms with E-state index in [1.807, 2.05) is 0 Å². The molecule has 0 radical (unpaired) electrons. The van der Waals surface area contributed by atoms with Gasteiger partial charge in [0.1, 0.15) is 10.0 Å². The molecular formula is C20H20ClN3O2S2. The van der Waals surface area contributed by atoms with Crippen LogP contribution in [0.25, 0.3) is 0 Å². The zero-order valence-corrected chi connectivity index (χ0v) is 18.0. The Balaban J connectivity index is 1.72. The highest BCUT2D eigenvalue weighted by molar-refractivity contribution is 7.91. The van der Waals surface area contributed by atoms with Crippen LogP contribution in [0.5, 0.6) is 0 Å². The number of rotatable bonds is 4. The van der Waals surface area contributed by atoms with Crippen LogP contribution in [0.4, 0.5) is 10.9 Å². The van der Waals surface area contributed by atoms with Crippen LogP contribution in [0.2, 0.25) is 5.15 Å². The van der Waals surface area contributed by atoms with Crippen LogP contribution in [0, 0.1) is 5.41 Å². The molecule has 0 saturated heterocycles. The summed E-state index contributed by atoms with van der Waals surface area (Å²) < 4.78 is 26.2. The van der Waals surface area contributed by atoms with Crippen molar-refractivity contribution >= 4 is 43.7 Å². The summed E-state index contributed by atoms with van der Waals surface area (Å²) in [4.78, 5) is 10.4. The lowest BCUT2D eigenvalue weighted by Crippen LogP contribution is -2.20. The number of nitrogens with one attached hydrogen (secondary N) is 1. The minimum absolute atomic E-state index is 0.0802. The van der Waals surface area contributed by atoms with E-state index in [2.05, 4.69) is 29.1 Å². The highest BCUT2D eigenvalue weighted by Gasteiger charge is 2.29. The van der Waals surface area contributed by atoms with Crippen LogP contribution in [0.15, 0.2) is 52.3 Å². The number of hydrogen-bond acceptors (Lipinski definition) is 6. The van der Waals surface area contributed by atoms with E-state index in [1.165, 1.54) is 17.0 Å². The summed E-state index contributed by atoms with van der Waals surface area (Å²) in [5.41, 5.74) is 1.34. The first kappa shape index (κ1) is 19.4. The standard InChI is InChI=1S/C20H20ClN3O2S2/c1-20(2)11-10-14-15(12-20)27-19(22-14)24-18-16(8-9-17(21)23-18)28(25,26)13-6-4-3-5-7-13/h3-9H,10-12H2,1-2H3,(H,22,23,24). The first-order valence-electron chi connectivity index (χ1n) is 8.97. The molecule has 0 bridgehead atoms. The van der Waals surface area contributed by atoms with Gasteiger partial charge in [0, 0.05) is 4.88 Å². The lowest BCUT2D eigenvalue weighted by atomic mass is 9.79. The SMILES string of the molecule is CC1(C)CCc2nc(Nc3nc(Cl)ccc3S(=O)(=O)c3ccccc3)sc2C1. The van der Waals surface area contributed by atoms with Gasteiger partial charge in [0.2, 0.25) is 9.84 Å². The van der Waals surface area contributed by atoms with Crippen molar-refractivity contribution in [2.45, 2.75) is 42.9 Å². The summed E-state index contributed by atoms with van der Waals surface area (Å²) in [6.07, 6.45) is 2.99. The molecule has 0 fully saturated rings. The second-order valence-corrected chi connectivity index (χ2v) is 11.0. The van der Waals surface area contributed by atoms with E-state index in [-0.39, 0.29) is 26.2 Å².